The Labute approximate surface area is 165 Å². The maximum atomic E-state index is 5.50. The predicted molar refractivity (Wildman–Crippen MR) is 111 cm³/mol. The molecule has 28 heavy (non-hydrogen) atoms. The lowest BCUT2D eigenvalue weighted by Crippen LogP contribution is -2.36. The van der Waals surface area contributed by atoms with Crippen molar-refractivity contribution in [1.29, 1.82) is 0 Å². The number of anilines is 1. The fourth-order valence-electron chi connectivity index (χ4n) is 3.33. The van der Waals surface area contributed by atoms with Crippen LogP contribution in [0.25, 0.3) is 22.4 Å². The van der Waals surface area contributed by atoms with Crippen LogP contribution in [0.3, 0.4) is 0 Å². The summed E-state index contributed by atoms with van der Waals surface area (Å²) in [6.45, 7) is 3.15. The second-order valence-corrected chi connectivity index (χ2v) is 6.66. The van der Waals surface area contributed by atoms with Crippen LogP contribution in [0.4, 0.5) is 5.82 Å². The number of pyridine rings is 1. The molecule has 2 aromatic carbocycles. The summed E-state index contributed by atoms with van der Waals surface area (Å²) in [6.07, 6.45) is 0. The molecule has 0 aliphatic carbocycles. The number of benzene rings is 2. The van der Waals surface area contributed by atoms with Crippen molar-refractivity contribution in [2.24, 2.45) is 0 Å². The molecule has 1 fully saturated rings. The summed E-state index contributed by atoms with van der Waals surface area (Å²) >= 11 is 0. The molecule has 4 rings (SSSR count). The molecule has 0 atom stereocenters. The third kappa shape index (κ3) is 3.94. The van der Waals surface area contributed by atoms with Crippen LogP contribution in [-0.2, 0) is 4.74 Å². The second kappa shape index (κ2) is 8.31. The van der Waals surface area contributed by atoms with Crippen LogP contribution in [0, 0.1) is 0 Å². The van der Waals surface area contributed by atoms with Gasteiger partial charge >= 0.3 is 0 Å². The van der Waals surface area contributed by atoms with E-state index in [4.69, 9.17) is 19.2 Å². The normalized spacial score (nSPS) is 14.0. The lowest BCUT2D eigenvalue weighted by Gasteiger charge is -2.28. The minimum atomic E-state index is 0.728. The monoisotopic (exact) mass is 376 g/mol. The number of hydrogen-bond donors (Lipinski definition) is 0. The Bertz CT molecular complexity index is 852. The SMILES string of the molecule is COc1ccc(-c2cc(-c3ccc(OC)cc3)nc(N3CCOCC3)c2)cc1. The molecule has 0 radical (unpaired) electrons. The minimum absolute atomic E-state index is 0.728. The van der Waals surface area contributed by atoms with E-state index in [1.807, 2.05) is 36.4 Å². The first-order valence-electron chi connectivity index (χ1n) is 9.40. The van der Waals surface area contributed by atoms with E-state index in [0.29, 0.717) is 0 Å². The molecule has 0 N–H and O–H groups in total. The van der Waals surface area contributed by atoms with Crippen molar-refractivity contribution in [3.8, 4) is 33.9 Å². The molecular weight excluding hydrogens is 352 g/mol. The Hall–Kier alpha value is -3.05. The van der Waals surface area contributed by atoms with Crippen molar-refractivity contribution in [3.63, 3.8) is 0 Å². The summed E-state index contributed by atoms with van der Waals surface area (Å²) in [4.78, 5) is 7.23. The lowest BCUT2D eigenvalue weighted by atomic mass is 10.0. The van der Waals surface area contributed by atoms with Crippen molar-refractivity contribution >= 4 is 5.82 Å². The molecule has 0 spiro atoms. The minimum Gasteiger partial charge on any atom is -0.497 e. The molecule has 1 aromatic heterocycles. The first kappa shape index (κ1) is 18.3. The third-order valence-corrected chi connectivity index (χ3v) is 4.96. The lowest BCUT2D eigenvalue weighted by molar-refractivity contribution is 0.122. The van der Waals surface area contributed by atoms with Gasteiger partial charge in [0.1, 0.15) is 17.3 Å². The summed E-state index contributed by atoms with van der Waals surface area (Å²) in [7, 11) is 3.36. The summed E-state index contributed by atoms with van der Waals surface area (Å²) in [5.41, 5.74) is 4.26. The summed E-state index contributed by atoms with van der Waals surface area (Å²) in [6, 6.07) is 20.4. The van der Waals surface area contributed by atoms with Gasteiger partial charge in [0.15, 0.2) is 0 Å². The number of aromatic nitrogens is 1. The van der Waals surface area contributed by atoms with Crippen LogP contribution in [-0.4, -0.2) is 45.5 Å². The van der Waals surface area contributed by atoms with Crippen molar-refractivity contribution in [2.45, 2.75) is 0 Å². The number of ether oxygens (including phenoxy) is 3. The van der Waals surface area contributed by atoms with Crippen LogP contribution in [0.5, 0.6) is 11.5 Å². The van der Waals surface area contributed by atoms with Crippen LogP contribution >= 0.6 is 0 Å². The van der Waals surface area contributed by atoms with E-state index in [1.54, 1.807) is 14.2 Å². The number of hydrogen-bond acceptors (Lipinski definition) is 5. The standard InChI is InChI=1S/C23H24N2O3/c1-26-20-7-3-17(4-8-20)19-15-22(18-5-9-21(27-2)10-6-18)24-23(16-19)25-11-13-28-14-12-25/h3-10,15-16H,11-14H2,1-2H3. The van der Waals surface area contributed by atoms with E-state index in [-0.39, 0.29) is 0 Å². The molecule has 3 aromatic rings. The summed E-state index contributed by atoms with van der Waals surface area (Å²) in [5, 5.41) is 0. The Morgan fingerprint density at radius 2 is 1.32 bits per heavy atom. The van der Waals surface area contributed by atoms with Crippen LogP contribution < -0.4 is 14.4 Å². The molecule has 0 bridgehead atoms. The largest absolute Gasteiger partial charge is 0.497 e. The maximum absolute atomic E-state index is 5.50. The Morgan fingerprint density at radius 1 is 0.750 bits per heavy atom. The van der Waals surface area contributed by atoms with Gasteiger partial charge in [-0.05, 0) is 59.7 Å². The van der Waals surface area contributed by atoms with Gasteiger partial charge in [0.05, 0.1) is 33.1 Å². The van der Waals surface area contributed by atoms with Crippen LogP contribution in [0.1, 0.15) is 0 Å². The van der Waals surface area contributed by atoms with E-state index in [9.17, 15) is 0 Å². The van der Waals surface area contributed by atoms with Gasteiger partial charge in [-0.3, -0.25) is 0 Å². The zero-order chi connectivity index (χ0) is 19.3. The van der Waals surface area contributed by atoms with Gasteiger partial charge in [-0.1, -0.05) is 12.1 Å². The summed E-state index contributed by atoms with van der Waals surface area (Å²) in [5.74, 6) is 2.66. The number of methoxy groups -OCH3 is 2. The van der Waals surface area contributed by atoms with Crippen molar-refractivity contribution in [3.05, 3.63) is 60.7 Å². The van der Waals surface area contributed by atoms with Gasteiger partial charge in [-0.15, -0.1) is 0 Å². The number of nitrogens with zero attached hydrogens (tertiary/aromatic N) is 2. The Balaban J connectivity index is 1.77. The molecule has 1 aliphatic heterocycles. The van der Waals surface area contributed by atoms with E-state index >= 15 is 0 Å². The highest BCUT2D eigenvalue weighted by molar-refractivity contribution is 5.74. The number of morpholine rings is 1. The first-order valence-corrected chi connectivity index (χ1v) is 9.40. The molecule has 0 unspecified atom stereocenters. The second-order valence-electron chi connectivity index (χ2n) is 6.66. The third-order valence-electron chi connectivity index (χ3n) is 4.96. The highest BCUT2D eigenvalue weighted by Gasteiger charge is 2.15. The molecule has 2 heterocycles. The maximum Gasteiger partial charge on any atom is 0.130 e. The van der Waals surface area contributed by atoms with E-state index in [0.717, 1.165) is 66.0 Å². The topological polar surface area (TPSA) is 43.8 Å². The van der Waals surface area contributed by atoms with Crippen molar-refractivity contribution < 1.29 is 14.2 Å². The molecular formula is C23H24N2O3. The zero-order valence-electron chi connectivity index (χ0n) is 16.2. The molecule has 0 amide bonds. The fraction of sp³-hybridized carbons (Fsp3) is 0.261. The van der Waals surface area contributed by atoms with Gasteiger partial charge in [-0.2, -0.15) is 0 Å². The van der Waals surface area contributed by atoms with E-state index < -0.39 is 0 Å². The van der Waals surface area contributed by atoms with Crippen LogP contribution in [0.2, 0.25) is 0 Å². The summed E-state index contributed by atoms with van der Waals surface area (Å²) < 4.78 is 16.1. The smallest absolute Gasteiger partial charge is 0.130 e. The first-order chi connectivity index (χ1) is 13.8. The van der Waals surface area contributed by atoms with Crippen LogP contribution in [0.15, 0.2) is 60.7 Å². The van der Waals surface area contributed by atoms with Gasteiger partial charge in [-0.25, -0.2) is 4.98 Å². The molecule has 0 saturated carbocycles. The average Bonchev–Trinajstić information content (AvgIpc) is 2.79. The van der Waals surface area contributed by atoms with Gasteiger partial charge in [0, 0.05) is 18.7 Å². The molecule has 1 saturated heterocycles. The molecule has 5 heteroatoms. The van der Waals surface area contributed by atoms with E-state index in [1.165, 1.54) is 0 Å². The van der Waals surface area contributed by atoms with Crippen molar-refractivity contribution in [2.75, 3.05) is 45.4 Å². The fourth-order valence-corrected chi connectivity index (χ4v) is 3.33. The average molecular weight is 376 g/mol. The van der Waals surface area contributed by atoms with Crippen molar-refractivity contribution in [1.82, 2.24) is 4.98 Å². The quantitative estimate of drug-likeness (QED) is 0.665. The van der Waals surface area contributed by atoms with E-state index in [2.05, 4.69) is 29.2 Å². The molecule has 144 valence electrons. The van der Waals surface area contributed by atoms with Gasteiger partial charge in [0.25, 0.3) is 0 Å². The Kier molecular flexibility index (Phi) is 5.44. The molecule has 5 nitrogen and oxygen atoms in total. The van der Waals surface area contributed by atoms with Gasteiger partial charge in [0.2, 0.25) is 0 Å². The highest BCUT2D eigenvalue weighted by atomic mass is 16.5. The van der Waals surface area contributed by atoms with Gasteiger partial charge < -0.3 is 19.1 Å². The zero-order valence-corrected chi connectivity index (χ0v) is 16.2. The molecule has 1 aliphatic rings. The Morgan fingerprint density at radius 3 is 1.89 bits per heavy atom. The number of rotatable bonds is 5. The highest BCUT2D eigenvalue weighted by Crippen LogP contribution is 2.31. The predicted octanol–water partition coefficient (Wildman–Crippen LogP) is 4.27.